The van der Waals surface area contributed by atoms with Crippen LogP contribution < -0.4 is 9.80 Å². The van der Waals surface area contributed by atoms with Gasteiger partial charge in [0, 0.05) is 13.1 Å². The summed E-state index contributed by atoms with van der Waals surface area (Å²) in [5, 5.41) is 0. The molecule has 1 aromatic carbocycles. The van der Waals surface area contributed by atoms with Gasteiger partial charge in [-0.2, -0.15) is 13.2 Å². The first-order valence-corrected chi connectivity index (χ1v) is 9.93. The van der Waals surface area contributed by atoms with Crippen molar-refractivity contribution in [2.75, 3.05) is 50.4 Å². The van der Waals surface area contributed by atoms with Gasteiger partial charge in [-0.15, -0.1) is 0 Å². The number of morpholine rings is 1. The minimum absolute atomic E-state index is 0.0580. The number of carbonyl (C=O) groups excluding carboxylic acids is 2. The Kier molecular flexibility index (Phi) is 6.99. The highest BCUT2D eigenvalue weighted by molar-refractivity contribution is 6.04. The number of methoxy groups -OCH3 is 2. The van der Waals surface area contributed by atoms with Crippen molar-refractivity contribution in [1.82, 2.24) is 0 Å². The number of nitrogens with zero attached hydrogens (tertiary/aromatic N) is 2. The molecule has 1 saturated heterocycles. The zero-order valence-electron chi connectivity index (χ0n) is 18.2. The molecule has 2 heterocycles. The van der Waals surface area contributed by atoms with Crippen molar-refractivity contribution in [2.45, 2.75) is 32.2 Å². The van der Waals surface area contributed by atoms with Crippen molar-refractivity contribution >= 4 is 23.3 Å². The van der Waals surface area contributed by atoms with Crippen molar-refractivity contribution in [1.29, 1.82) is 0 Å². The van der Waals surface area contributed by atoms with Gasteiger partial charge in [0.15, 0.2) is 0 Å². The number of rotatable bonds is 4. The third kappa shape index (κ3) is 4.83. The second-order valence-corrected chi connectivity index (χ2v) is 7.58. The van der Waals surface area contributed by atoms with Gasteiger partial charge in [0.2, 0.25) is 0 Å². The molecule has 8 nitrogen and oxygen atoms in total. The molecule has 0 saturated carbocycles. The molecule has 2 unspecified atom stereocenters. The normalized spacial score (nSPS) is 22.1. The van der Waals surface area contributed by atoms with E-state index >= 15 is 0 Å². The van der Waals surface area contributed by atoms with Gasteiger partial charge in [-0.25, -0.2) is 9.59 Å². The highest BCUT2D eigenvalue weighted by atomic mass is 19.4. The monoisotopic (exact) mass is 458 g/mol. The first-order valence-electron chi connectivity index (χ1n) is 9.93. The minimum Gasteiger partial charge on any atom is -0.466 e. The summed E-state index contributed by atoms with van der Waals surface area (Å²) in [5.41, 5.74) is -0.767. The van der Waals surface area contributed by atoms with Crippen LogP contribution in [-0.4, -0.2) is 64.8 Å². The van der Waals surface area contributed by atoms with E-state index in [1.807, 2.05) is 18.7 Å². The van der Waals surface area contributed by atoms with Crippen molar-refractivity contribution in [3.8, 4) is 0 Å². The molecular formula is C21H25F3N2O6. The van der Waals surface area contributed by atoms with Crippen LogP contribution in [0.5, 0.6) is 0 Å². The average molecular weight is 458 g/mol. The lowest BCUT2D eigenvalue weighted by atomic mass is 10.1. The van der Waals surface area contributed by atoms with Gasteiger partial charge in [0.1, 0.15) is 12.4 Å². The topological polar surface area (TPSA) is 77.5 Å². The molecule has 3 rings (SSSR count). The Morgan fingerprint density at radius 1 is 1.03 bits per heavy atom. The molecule has 2 aliphatic heterocycles. The lowest BCUT2D eigenvalue weighted by Gasteiger charge is -2.40. The van der Waals surface area contributed by atoms with E-state index < -0.39 is 23.7 Å². The third-order valence-corrected chi connectivity index (χ3v) is 5.19. The Labute approximate surface area is 183 Å². The quantitative estimate of drug-likeness (QED) is 0.638. The van der Waals surface area contributed by atoms with Crippen LogP contribution >= 0.6 is 0 Å². The van der Waals surface area contributed by atoms with Gasteiger partial charge < -0.3 is 28.7 Å². The maximum atomic E-state index is 13.6. The Morgan fingerprint density at radius 3 is 2.22 bits per heavy atom. The molecule has 0 bridgehead atoms. The predicted octanol–water partition coefficient (Wildman–Crippen LogP) is 2.71. The molecule has 0 N–H and O–H groups in total. The zero-order chi connectivity index (χ0) is 23.6. The second-order valence-electron chi connectivity index (χ2n) is 7.58. The van der Waals surface area contributed by atoms with Gasteiger partial charge in [-0.3, -0.25) is 0 Å². The van der Waals surface area contributed by atoms with Gasteiger partial charge in [0.25, 0.3) is 0 Å². The van der Waals surface area contributed by atoms with Crippen molar-refractivity contribution in [3.05, 3.63) is 35.0 Å². The summed E-state index contributed by atoms with van der Waals surface area (Å²) in [7, 11) is 2.26. The number of hydrogen-bond donors (Lipinski definition) is 0. The average Bonchev–Trinajstić information content (AvgIpc) is 2.75. The predicted molar refractivity (Wildman–Crippen MR) is 108 cm³/mol. The number of anilines is 2. The third-order valence-electron chi connectivity index (χ3n) is 5.19. The van der Waals surface area contributed by atoms with Crippen molar-refractivity contribution < 1.29 is 41.7 Å². The van der Waals surface area contributed by atoms with E-state index in [-0.39, 0.29) is 42.5 Å². The van der Waals surface area contributed by atoms with Crippen LogP contribution in [0.25, 0.3) is 0 Å². The Morgan fingerprint density at radius 2 is 1.66 bits per heavy atom. The molecule has 1 aromatic rings. The summed E-state index contributed by atoms with van der Waals surface area (Å²) in [4.78, 5) is 28.0. The van der Waals surface area contributed by atoms with E-state index in [0.29, 0.717) is 18.8 Å². The Balaban J connectivity index is 2.20. The zero-order valence-corrected chi connectivity index (χ0v) is 18.2. The summed E-state index contributed by atoms with van der Waals surface area (Å²) in [6, 6.07) is 3.27. The SMILES string of the molecule is COC(=O)C1=C(C(=O)OC)N(c2cc(C(F)(F)F)ccc2N2CC(C)OC(C)C2)COC1. The lowest BCUT2D eigenvalue weighted by Crippen LogP contribution is -2.46. The second kappa shape index (κ2) is 9.37. The van der Waals surface area contributed by atoms with Crippen LogP contribution in [-0.2, 0) is 34.7 Å². The molecule has 0 aromatic heterocycles. The standard InChI is InChI=1S/C21H25F3N2O6/c1-12-8-25(9-13(2)32-12)16-6-5-14(21(22,23)24)7-17(16)26-11-31-10-15(19(27)29-3)18(26)20(28)30-4/h5-7,12-13H,8-11H2,1-4H3. The number of benzene rings is 1. The van der Waals surface area contributed by atoms with E-state index in [4.69, 9.17) is 18.9 Å². The summed E-state index contributed by atoms with van der Waals surface area (Å²) in [5.74, 6) is -1.72. The van der Waals surface area contributed by atoms with Crippen LogP contribution in [0.4, 0.5) is 24.5 Å². The number of alkyl halides is 3. The largest absolute Gasteiger partial charge is 0.466 e. The molecule has 2 aliphatic rings. The van der Waals surface area contributed by atoms with Crippen LogP contribution in [0.3, 0.4) is 0 Å². The first-order chi connectivity index (χ1) is 15.1. The summed E-state index contributed by atoms with van der Waals surface area (Å²) in [6.45, 7) is 4.09. The number of halogens is 3. The fourth-order valence-corrected chi connectivity index (χ4v) is 3.89. The van der Waals surface area contributed by atoms with E-state index in [1.165, 1.54) is 11.0 Å². The summed E-state index contributed by atoms with van der Waals surface area (Å²) < 4.78 is 61.4. The van der Waals surface area contributed by atoms with E-state index in [2.05, 4.69) is 0 Å². The first kappa shape index (κ1) is 23.9. The summed E-state index contributed by atoms with van der Waals surface area (Å²) in [6.07, 6.45) is -4.93. The van der Waals surface area contributed by atoms with Crippen LogP contribution in [0.1, 0.15) is 19.4 Å². The summed E-state index contributed by atoms with van der Waals surface area (Å²) >= 11 is 0. The molecule has 1 fully saturated rings. The molecule has 2 atom stereocenters. The molecule has 0 amide bonds. The Bertz CT molecular complexity index is 907. The van der Waals surface area contributed by atoms with E-state index in [0.717, 1.165) is 26.4 Å². The molecule has 176 valence electrons. The molecule has 0 radical (unpaired) electrons. The van der Waals surface area contributed by atoms with Crippen LogP contribution in [0.15, 0.2) is 29.5 Å². The van der Waals surface area contributed by atoms with Crippen LogP contribution in [0, 0.1) is 0 Å². The Hall–Kier alpha value is -2.79. The van der Waals surface area contributed by atoms with E-state index in [1.54, 1.807) is 0 Å². The van der Waals surface area contributed by atoms with Gasteiger partial charge >= 0.3 is 18.1 Å². The van der Waals surface area contributed by atoms with Gasteiger partial charge in [0.05, 0.1) is 55.5 Å². The number of esters is 2. The smallest absolute Gasteiger partial charge is 0.416 e. The van der Waals surface area contributed by atoms with Gasteiger partial charge in [-0.1, -0.05) is 0 Å². The maximum absolute atomic E-state index is 13.6. The van der Waals surface area contributed by atoms with Crippen LogP contribution in [0.2, 0.25) is 0 Å². The molecule has 32 heavy (non-hydrogen) atoms. The van der Waals surface area contributed by atoms with Crippen molar-refractivity contribution in [2.24, 2.45) is 0 Å². The molecule has 0 spiro atoms. The molecule has 0 aliphatic carbocycles. The van der Waals surface area contributed by atoms with Gasteiger partial charge in [-0.05, 0) is 32.0 Å². The highest BCUT2D eigenvalue weighted by Crippen LogP contribution is 2.40. The highest BCUT2D eigenvalue weighted by Gasteiger charge is 2.37. The fourth-order valence-electron chi connectivity index (χ4n) is 3.89. The van der Waals surface area contributed by atoms with Crippen molar-refractivity contribution in [3.63, 3.8) is 0 Å². The maximum Gasteiger partial charge on any atom is 0.416 e. The number of ether oxygens (including phenoxy) is 4. The lowest BCUT2D eigenvalue weighted by molar-refractivity contribution is -0.140. The van der Waals surface area contributed by atoms with E-state index in [9.17, 15) is 22.8 Å². The molecule has 11 heteroatoms. The molecular weight excluding hydrogens is 433 g/mol. The number of carbonyl (C=O) groups is 2. The number of hydrogen-bond acceptors (Lipinski definition) is 8. The fraction of sp³-hybridized carbons (Fsp3) is 0.524. The minimum atomic E-state index is -4.62.